The largest absolute Gasteiger partial charge is 0.305 e. The Labute approximate surface area is 127 Å². The molecule has 0 aromatic rings. The van der Waals surface area contributed by atoms with Gasteiger partial charge < -0.3 is 10.2 Å². The van der Waals surface area contributed by atoms with Crippen LogP contribution in [-0.4, -0.2) is 59.9 Å². The topological polar surface area (TPSA) is 52.7 Å². The first-order valence-corrected chi connectivity index (χ1v) is 8.47. The van der Waals surface area contributed by atoms with E-state index in [0.29, 0.717) is 12.3 Å². The van der Waals surface area contributed by atoms with Crippen molar-refractivity contribution in [1.82, 2.24) is 15.1 Å². The van der Waals surface area contributed by atoms with Crippen LogP contribution < -0.4 is 5.32 Å². The van der Waals surface area contributed by atoms with E-state index in [9.17, 15) is 9.59 Å². The summed E-state index contributed by atoms with van der Waals surface area (Å²) in [6.07, 6.45) is 6.33. The Morgan fingerprint density at radius 3 is 2.57 bits per heavy atom. The molecule has 3 fully saturated rings. The minimum Gasteiger partial charge on any atom is -0.305 e. The highest BCUT2D eigenvalue weighted by Crippen LogP contribution is 2.31. The third-order valence-corrected chi connectivity index (χ3v) is 4.83. The molecule has 2 amide bonds. The summed E-state index contributed by atoms with van der Waals surface area (Å²) < 4.78 is 0. The number of amides is 2. The molecule has 3 aliphatic rings. The zero-order valence-corrected chi connectivity index (χ0v) is 13.0. The van der Waals surface area contributed by atoms with Crippen LogP contribution in [0, 0.1) is 5.92 Å². The number of carbonyl (C=O) groups is 2. The minimum absolute atomic E-state index is 0.00710. The van der Waals surface area contributed by atoms with Crippen molar-refractivity contribution in [3.05, 3.63) is 0 Å². The predicted octanol–water partition coefficient (Wildman–Crippen LogP) is 0.988. The van der Waals surface area contributed by atoms with Gasteiger partial charge in [-0.1, -0.05) is 13.3 Å². The quantitative estimate of drug-likeness (QED) is 0.742. The molecule has 0 aromatic carbocycles. The van der Waals surface area contributed by atoms with Gasteiger partial charge >= 0.3 is 0 Å². The number of likely N-dealkylation sites (tertiary alicyclic amines) is 2. The first-order valence-electron chi connectivity index (χ1n) is 8.47. The summed E-state index contributed by atoms with van der Waals surface area (Å²) in [6, 6.07) is -0.0653. The Bertz CT molecular complexity index is 402. The molecule has 2 heterocycles. The van der Waals surface area contributed by atoms with Crippen LogP contribution in [0.4, 0.5) is 0 Å². The lowest BCUT2D eigenvalue weighted by Crippen LogP contribution is -2.43. The minimum atomic E-state index is -0.276. The maximum Gasteiger partial charge on any atom is 0.247 e. The van der Waals surface area contributed by atoms with Crippen molar-refractivity contribution in [3.8, 4) is 0 Å². The number of nitrogens with one attached hydrogen (secondary N) is 1. The fourth-order valence-electron chi connectivity index (χ4n) is 3.52. The summed E-state index contributed by atoms with van der Waals surface area (Å²) in [5.41, 5.74) is 0. The van der Waals surface area contributed by atoms with Gasteiger partial charge in [0.2, 0.25) is 11.8 Å². The smallest absolute Gasteiger partial charge is 0.247 e. The van der Waals surface area contributed by atoms with E-state index in [1.54, 1.807) is 0 Å². The predicted molar refractivity (Wildman–Crippen MR) is 80.7 cm³/mol. The molecule has 0 spiro atoms. The van der Waals surface area contributed by atoms with E-state index < -0.39 is 0 Å². The lowest BCUT2D eigenvalue weighted by atomic mass is 10.1. The maximum atomic E-state index is 12.2. The van der Waals surface area contributed by atoms with E-state index in [2.05, 4.69) is 17.1 Å². The Kier molecular flexibility index (Phi) is 4.60. The molecular weight excluding hydrogens is 266 g/mol. The van der Waals surface area contributed by atoms with Gasteiger partial charge in [-0.05, 0) is 51.2 Å². The van der Waals surface area contributed by atoms with Crippen LogP contribution in [0.15, 0.2) is 0 Å². The highest BCUT2D eigenvalue weighted by atomic mass is 16.2. The summed E-state index contributed by atoms with van der Waals surface area (Å²) in [6.45, 7) is 6.55. The summed E-state index contributed by atoms with van der Waals surface area (Å²) in [5, 5.41) is 3.33. The molecule has 2 atom stereocenters. The molecule has 0 radical (unpaired) electrons. The third kappa shape index (κ3) is 3.64. The van der Waals surface area contributed by atoms with Gasteiger partial charge in [0.05, 0.1) is 12.5 Å². The molecule has 5 heteroatoms. The van der Waals surface area contributed by atoms with Gasteiger partial charge in [0.25, 0.3) is 0 Å². The molecule has 0 aromatic heterocycles. The van der Waals surface area contributed by atoms with Crippen molar-refractivity contribution in [2.24, 2.45) is 5.92 Å². The number of hydrogen-bond acceptors (Lipinski definition) is 4. The lowest BCUT2D eigenvalue weighted by Gasteiger charge is -2.29. The van der Waals surface area contributed by atoms with Crippen molar-refractivity contribution in [2.45, 2.75) is 57.5 Å². The van der Waals surface area contributed by atoms with Crippen LogP contribution in [0.1, 0.15) is 45.4 Å². The average molecular weight is 293 g/mol. The van der Waals surface area contributed by atoms with E-state index in [0.717, 1.165) is 25.9 Å². The summed E-state index contributed by atoms with van der Waals surface area (Å²) in [4.78, 5) is 28.2. The summed E-state index contributed by atoms with van der Waals surface area (Å²) in [7, 11) is 0. The van der Waals surface area contributed by atoms with Gasteiger partial charge in [-0.15, -0.1) is 0 Å². The van der Waals surface area contributed by atoms with Crippen LogP contribution in [0.5, 0.6) is 0 Å². The van der Waals surface area contributed by atoms with Crippen molar-refractivity contribution >= 4 is 11.8 Å². The molecule has 1 saturated carbocycles. The highest BCUT2D eigenvalue weighted by Gasteiger charge is 2.45. The van der Waals surface area contributed by atoms with Gasteiger partial charge in [0.15, 0.2) is 0 Å². The van der Waals surface area contributed by atoms with E-state index in [1.165, 1.54) is 37.3 Å². The normalized spacial score (nSPS) is 29.2. The van der Waals surface area contributed by atoms with E-state index in [1.807, 2.05) is 0 Å². The second-order valence-corrected chi connectivity index (χ2v) is 6.96. The standard InChI is InChI=1S/C16H27N3O2/c1-12(11-18-7-3-2-4-8-18)10-17-14-9-15(20)19(16(14)21)13-5-6-13/h12-14,17H,2-11H2,1H3. The van der Waals surface area contributed by atoms with Crippen molar-refractivity contribution < 1.29 is 9.59 Å². The molecule has 3 rings (SSSR count). The number of rotatable bonds is 6. The number of imide groups is 1. The van der Waals surface area contributed by atoms with Gasteiger partial charge in [0.1, 0.15) is 0 Å². The molecule has 2 aliphatic heterocycles. The van der Waals surface area contributed by atoms with E-state index >= 15 is 0 Å². The van der Waals surface area contributed by atoms with Crippen molar-refractivity contribution in [2.75, 3.05) is 26.2 Å². The number of carbonyl (C=O) groups excluding carboxylic acids is 2. The Morgan fingerprint density at radius 1 is 1.19 bits per heavy atom. The van der Waals surface area contributed by atoms with Crippen LogP contribution in [0.2, 0.25) is 0 Å². The summed E-state index contributed by atoms with van der Waals surface area (Å²) in [5.74, 6) is 0.539. The first-order chi connectivity index (χ1) is 10.1. The molecule has 2 unspecified atom stereocenters. The fourth-order valence-corrected chi connectivity index (χ4v) is 3.52. The molecule has 2 saturated heterocycles. The van der Waals surface area contributed by atoms with Gasteiger partial charge in [-0.25, -0.2) is 0 Å². The van der Waals surface area contributed by atoms with Crippen molar-refractivity contribution in [1.29, 1.82) is 0 Å². The van der Waals surface area contributed by atoms with Gasteiger partial charge in [-0.3, -0.25) is 14.5 Å². The molecule has 21 heavy (non-hydrogen) atoms. The lowest BCUT2D eigenvalue weighted by molar-refractivity contribution is -0.139. The van der Waals surface area contributed by atoms with Gasteiger partial charge in [0, 0.05) is 12.6 Å². The third-order valence-electron chi connectivity index (χ3n) is 4.83. The number of hydrogen-bond donors (Lipinski definition) is 1. The SMILES string of the molecule is CC(CNC1CC(=O)N(C2CC2)C1=O)CN1CCCCC1. The van der Waals surface area contributed by atoms with E-state index in [4.69, 9.17) is 0 Å². The second-order valence-electron chi connectivity index (χ2n) is 6.96. The van der Waals surface area contributed by atoms with Crippen LogP contribution >= 0.6 is 0 Å². The van der Waals surface area contributed by atoms with Crippen LogP contribution in [0.25, 0.3) is 0 Å². The van der Waals surface area contributed by atoms with E-state index in [-0.39, 0.29) is 23.9 Å². The molecule has 1 aliphatic carbocycles. The van der Waals surface area contributed by atoms with Crippen molar-refractivity contribution in [3.63, 3.8) is 0 Å². The molecule has 5 nitrogen and oxygen atoms in total. The molecule has 0 bridgehead atoms. The molecule has 1 N–H and O–H groups in total. The highest BCUT2D eigenvalue weighted by molar-refractivity contribution is 6.06. The average Bonchev–Trinajstić information content (AvgIpc) is 3.25. The Morgan fingerprint density at radius 2 is 1.90 bits per heavy atom. The molecular formula is C16H27N3O2. The molecule has 118 valence electrons. The first kappa shape index (κ1) is 15.0. The number of piperidine rings is 1. The summed E-state index contributed by atoms with van der Waals surface area (Å²) >= 11 is 0. The Hall–Kier alpha value is -0.940. The maximum absolute atomic E-state index is 12.2. The Balaban J connectivity index is 1.42. The van der Waals surface area contributed by atoms with Crippen LogP contribution in [0.3, 0.4) is 0 Å². The zero-order chi connectivity index (χ0) is 14.8. The monoisotopic (exact) mass is 293 g/mol. The fraction of sp³-hybridized carbons (Fsp3) is 0.875. The van der Waals surface area contributed by atoms with Crippen LogP contribution in [-0.2, 0) is 9.59 Å². The zero-order valence-electron chi connectivity index (χ0n) is 13.0. The van der Waals surface area contributed by atoms with Gasteiger partial charge in [-0.2, -0.15) is 0 Å². The second kappa shape index (κ2) is 6.44. The number of nitrogens with zero attached hydrogens (tertiary/aromatic N) is 2.